The summed E-state index contributed by atoms with van der Waals surface area (Å²) in [5, 5.41) is 7.75. The molecule has 1 heterocycles. The smallest absolute Gasteiger partial charge is 0.147 e. The molecule has 3 atom stereocenters. The van der Waals surface area contributed by atoms with Crippen molar-refractivity contribution in [2.45, 2.75) is 12.8 Å². The van der Waals surface area contributed by atoms with E-state index in [1.54, 1.807) is 0 Å². The lowest BCUT2D eigenvalue weighted by molar-refractivity contribution is 0.471. The maximum Gasteiger partial charge on any atom is 0.147 e. The van der Waals surface area contributed by atoms with E-state index in [9.17, 15) is 0 Å². The van der Waals surface area contributed by atoms with E-state index < -0.39 is 0 Å². The van der Waals surface area contributed by atoms with Gasteiger partial charge in [0.25, 0.3) is 0 Å². The van der Waals surface area contributed by atoms with Crippen molar-refractivity contribution < 1.29 is 0 Å². The molecule has 15 heavy (non-hydrogen) atoms. The molecule has 1 N–H and O–H groups in total. The van der Waals surface area contributed by atoms with Gasteiger partial charge in [-0.05, 0) is 30.6 Å². The molecule has 2 aliphatic rings. The largest absolute Gasteiger partial charge is 0.368 e. The summed E-state index contributed by atoms with van der Waals surface area (Å²) >= 11 is 0. The molecule has 0 unspecified atom stereocenters. The number of aromatic nitrogens is 2. The van der Waals surface area contributed by atoms with Crippen LogP contribution < -0.4 is 5.32 Å². The van der Waals surface area contributed by atoms with E-state index in [1.165, 1.54) is 12.8 Å². The average Bonchev–Trinajstić information content (AvgIpc) is 2.90. The lowest BCUT2D eigenvalue weighted by atomic mass is 9.94. The lowest BCUT2D eigenvalue weighted by Gasteiger charge is -2.18. The average molecular weight is 203 g/mol. The molecule has 1 aromatic heterocycles. The molecular formula is C12H17N3. The fraction of sp³-hybridized carbons (Fsp3) is 0.583. The van der Waals surface area contributed by atoms with Crippen molar-refractivity contribution in [3.8, 4) is 0 Å². The first kappa shape index (κ1) is 9.01. The van der Waals surface area contributed by atoms with Crippen molar-refractivity contribution in [1.29, 1.82) is 0 Å². The summed E-state index contributed by atoms with van der Waals surface area (Å²) in [6, 6.07) is 2.03. The van der Waals surface area contributed by atoms with Crippen LogP contribution in [-0.2, 0) is 7.05 Å². The molecule has 0 aromatic carbocycles. The molecule has 1 saturated carbocycles. The Kier molecular flexibility index (Phi) is 2.04. The van der Waals surface area contributed by atoms with Crippen LogP contribution in [0, 0.1) is 17.8 Å². The van der Waals surface area contributed by atoms with Crippen LogP contribution in [0.5, 0.6) is 0 Å². The summed E-state index contributed by atoms with van der Waals surface area (Å²) in [6.45, 7) is 1.07. The Morgan fingerprint density at radius 1 is 1.47 bits per heavy atom. The zero-order chi connectivity index (χ0) is 10.3. The molecule has 0 amide bonds. The van der Waals surface area contributed by atoms with Gasteiger partial charge in [-0.1, -0.05) is 12.2 Å². The number of rotatable bonds is 3. The zero-order valence-electron chi connectivity index (χ0n) is 9.06. The van der Waals surface area contributed by atoms with E-state index in [4.69, 9.17) is 0 Å². The highest BCUT2D eigenvalue weighted by Crippen LogP contribution is 2.43. The number of fused-ring (bicyclic) bond motifs is 2. The first-order valence-electron chi connectivity index (χ1n) is 5.73. The van der Waals surface area contributed by atoms with Crippen LogP contribution in [0.2, 0.25) is 0 Å². The first-order valence-corrected chi connectivity index (χ1v) is 5.73. The van der Waals surface area contributed by atoms with Crippen LogP contribution in [0.4, 0.5) is 5.82 Å². The standard InChI is InChI=1S/C12H17N3/c1-15-5-4-12(14-15)13-8-11-7-9-2-3-10(11)6-9/h2-5,9-11H,6-8H2,1H3,(H,13,14)/t9-,10-,11-/m0/s1. The molecule has 0 radical (unpaired) electrons. The summed E-state index contributed by atoms with van der Waals surface area (Å²) in [5.74, 6) is 3.52. The molecule has 0 spiro atoms. The molecular weight excluding hydrogens is 186 g/mol. The number of hydrogen-bond donors (Lipinski definition) is 1. The first-order chi connectivity index (χ1) is 7.31. The number of anilines is 1. The molecule has 3 nitrogen and oxygen atoms in total. The number of aryl methyl sites for hydroxylation is 1. The van der Waals surface area contributed by atoms with E-state index in [0.29, 0.717) is 0 Å². The van der Waals surface area contributed by atoms with Crippen LogP contribution in [0.25, 0.3) is 0 Å². The number of allylic oxidation sites excluding steroid dienone is 2. The lowest BCUT2D eigenvalue weighted by Crippen LogP contribution is -2.18. The molecule has 1 aromatic rings. The highest BCUT2D eigenvalue weighted by atomic mass is 15.3. The normalized spacial score (nSPS) is 32.5. The SMILES string of the molecule is Cn1ccc(NC[C@@H]2C[C@H]3C=C[C@H]2C3)n1. The zero-order valence-corrected chi connectivity index (χ0v) is 9.06. The summed E-state index contributed by atoms with van der Waals surface area (Å²) in [5.41, 5.74) is 0. The second-order valence-corrected chi connectivity index (χ2v) is 4.80. The van der Waals surface area contributed by atoms with Crippen LogP contribution in [0.3, 0.4) is 0 Å². The highest BCUT2D eigenvalue weighted by molar-refractivity contribution is 5.32. The predicted octanol–water partition coefficient (Wildman–Crippen LogP) is 2.04. The summed E-state index contributed by atoms with van der Waals surface area (Å²) in [7, 11) is 1.95. The van der Waals surface area contributed by atoms with Gasteiger partial charge in [-0.25, -0.2) is 0 Å². The minimum absolute atomic E-state index is 0.821. The molecule has 2 bridgehead atoms. The Bertz CT molecular complexity index is 380. The molecule has 0 saturated heterocycles. The summed E-state index contributed by atoms with van der Waals surface area (Å²) in [6.07, 6.45) is 9.51. The maximum atomic E-state index is 4.32. The number of nitrogens with one attached hydrogen (secondary N) is 1. The van der Waals surface area contributed by atoms with Gasteiger partial charge in [0.15, 0.2) is 0 Å². The van der Waals surface area contributed by atoms with Crippen molar-refractivity contribution in [2.75, 3.05) is 11.9 Å². The fourth-order valence-corrected chi connectivity index (χ4v) is 2.87. The van der Waals surface area contributed by atoms with Crippen LogP contribution >= 0.6 is 0 Å². The van der Waals surface area contributed by atoms with Gasteiger partial charge in [-0.3, -0.25) is 4.68 Å². The van der Waals surface area contributed by atoms with Gasteiger partial charge in [0.2, 0.25) is 0 Å². The van der Waals surface area contributed by atoms with E-state index in [2.05, 4.69) is 22.6 Å². The van der Waals surface area contributed by atoms with Crippen molar-refractivity contribution in [2.24, 2.45) is 24.8 Å². The van der Waals surface area contributed by atoms with Crippen molar-refractivity contribution >= 4 is 5.82 Å². The van der Waals surface area contributed by atoms with Crippen LogP contribution in [0.1, 0.15) is 12.8 Å². The predicted molar refractivity (Wildman–Crippen MR) is 60.5 cm³/mol. The van der Waals surface area contributed by atoms with Crippen molar-refractivity contribution in [3.05, 3.63) is 24.4 Å². The van der Waals surface area contributed by atoms with E-state index in [-0.39, 0.29) is 0 Å². The van der Waals surface area contributed by atoms with Gasteiger partial charge in [0.05, 0.1) is 0 Å². The fourth-order valence-electron chi connectivity index (χ4n) is 2.87. The molecule has 2 aliphatic carbocycles. The minimum Gasteiger partial charge on any atom is -0.368 e. The molecule has 0 aliphatic heterocycles. The van der Waals surface area contributed by atoms with Crippen molar-refractivity contribution in [1.82, 2.24) is 9.78 Å². The van der Waals surface area contributed by atoms with E-state index in [1.807, 2.05) is 24.0 Å². The van der Waals surface area contributed by atoms with Gasteiger partial charge >= 0.3 is 0 Å². The third-order valence-corrected chi connectivity index (χ3v) is 3.68. The van der Waals surface area contributed by atoms with E-state index in [0.717, 1.165) is 30.1 Å². The second-order valence-electron chi connectivity index (χ2n) is 4.80. The summed E-state index contributed by atoms with van der Waals surface area (Å²) in [4.78, 5) is 0. The molecule has 1 fully saturated rings. The van der Waals surface area contributed by atoms with Crippen LogP contribution in [-0.4, -0.2) is 16.3 Å². The van der Waals surface area contributed by atoms with Gasteiger partial charge < -0.3 is 5.32 Å². The number of nitrogens with zero attached hydrogens (tertiary/aromatic N) is 2. The minimum atomic E-state index is 0.821. The molecule has 80 valence electrons. The molecule has 3 heteroatoms. The second kappa shape index (κ2) is 3.40. The quantitative estimate of drug-likeness (QED) is 0.762. The van der Waals surface area contributed by atoms with Crippen LogP contribution in [0.15, 0.2) is 24.4 Å². The Hall–Kier alpha value is -1.25. The summed E-state index contributed by atoms with van der Waals surface area (Å²) < 4.78 is 1.84. The highest BCUT2D eigenvalue weighted by Gasteiger charge is 2.35. The topological polar surface area (TPSA) is 29.9 Å². The van der Waals surface area contributed by atoms with Gasteiger partial charge in [-0.2, -0.15) is 5.10 Å². The van der Waals surface area contributed by atoms with Gasteiger partial charge in [-0.15, -0.1) is 0 Å². The molecule has 3 rings (SSSR count). The monoisotopic (exact) mass is 203 g/mol. The van der Waals surface area contributed by atoms with Crippen molar-refractivity contribution in [3.63, 3.8) is 0 Å². The third-order valence-electron chi connectivity index (χ3n) is 3.68. The Labute approximate surface area is 90.2 Å². The third kappa shape index (κ3) is 1.66. The Balaban J connectivity index is 1.57. The van der Waals surface area contributed by atoms with E-state index >= 15 is 0 Å². The van der Waals surface area contributed by atoms with Gasteiger partial charge in [0, 0.05) is 25.9 Å². The number of hydrogen-bond acceptors (Lipinski definition) is 2. The maximum absolute atomic E-state index is 4.32. The Morgan fingerprint density at radius 2 is 2.40 bits per heavy atom. The Morgan fingerprint density at radius 3 is 3.00 bits per heavy atom. The van der Waals surface area contributed by atoms with Gasteiger partial charge in [0.1, 0.15) is 5.82 Å².